The zero-order chi connectivity index (χ0) is 16.8. The predicted molar refractivity (Wildman–Crippen MR) is 85.7 cm³/mol. The van der Waals surface area contributed by atoms with Crippen LogP contribution >= 0.6 is 0 Å². The number of aliphatic hydroxyl groups is 1. The van der Waals surface area contributed by atoms with E-state index in [9.17, 15) is 14.7 Å². The SMILES string of the molecule is CCCN(C)C(=O)[C@@H]1CC(O)CN1C(=O)OCc1ccccc1. The van der Waals surface area contributed by atoms with Crippen LogP contribution in [0.4, 0.5) is 4.79 Å². The maximum Gasteiger partial charge on any atom is 0.410 e. The highest BCUT2D eigenvalue weighted by Gasteiger charge is 2.40. The zero-order valence-electron chi connectivity index (χ0n) is 13.6. The molecule has 1 aromatic carbocycles. The van der Waals surface area contributed by atoms with Crippen molar-refractivity contribution in [2.24, 2.45) is 0 Å². The smallest absolute Gasteiger partial charge is 0.410 e. The molecular weight excluding hydrogens is 296 g/mol. The number of amides is 2. The van der Waals surface area contributed by atoms with Gasteiger partial charge in [-0.1, -0.05) is 37.3 Å². The molecule has 0 aromatic heterocycles. The van der Waals surface area contributed by atoms with Crippen molar-refractivity contribution in [3.05, 3.63) is 35.9 Å². The van der Waals surface area contributed by atoms with E-state index < -0.39 is 18.2 Å². The second-order valence-electron chi connectivity index (χ2n) is 5.86. The van der Waals surface area contributed by atoms with Crippen LogP contribution < -0.4 is 0 Å². The Morgan fingerprint density at radius 3 is 2.70 bits per heavy atom. The summed E-state index contributed by atoms with van der Waals surface area (Å²) in [4.78, 5) is 27.6. The Labute approximate surface area is 136 Å². The molecule has 0 spiro atoms. The Bertz CT molecular complexity index is 535. The highest BCUT2D eigenvalue weighted by Crippen LogP contribution is 2.21. The van der Waals surface area contributed by atoms with Crippen molar-refractivity contribution in [3.8, 4) is 0 Å². The maximum absolute atomic E-state index is 12.4. The van der Waals surface area contributed by atoms with Crippen LogP contribution in [0, 0.1) is 0 Å². The van der Waals surface area contributed by atoms with Crippen LogP contribution in [0.15, 0.2) is 30.3 Å². The fourth-order valence-electron chi connectivity index (χ4n) is 2.75. The summed E-state index contributed by atoms with van der Waals surface area (Å²) >= 11 is 0. The number of rotatable bonds is 5. The van der Waals surface area contributed by atoms with Crippen LogP contribution in [0.1, 0.15) is 25.3 Å². The third kappa shape index (κ3) is 4.45. The molecule has 0 radical (unpaired) electrons. The minimum atomic E-state index is -0.691. The molecule has 0 saturated carbocycles. The third-order valence-electron chi connectivity index (χ3n) is 3.94. The molecule has 1 saturated heterocycles. The fourth-order valence-corrected chi connectivity index (χ4v) is 2.75. The van der Waals surface area contributed by atoms with Crippen molar-refractivity contribution in [1.82, 2.24) is 9.80 Å². The molecule has 0 bridgehead atoms. The molecule has 1 fully saturated rings. The summed E-state index contributed by atoms with van der Waals surface area (Å²) in [6, 6.07) is 8.71. The van der Waals surface area contributed by atoms with Gasteiger partial charge in [0.15, 0.2) is 0 Å². The summed E-state index contributed by atoms with van der Waals surface area (Å²) in [7, 11) is 1.71. The van der Waals surface area contributed by atoms with E-state index in [2.05, 4.69) is 0 Å². The van der Waals surface area contributed by atoms with Gasteiger partial charge in [-0.05, 0) is 12.0 Å². The number of ether oxygens (including phenoxy) is 1. The average molecular weight is 320 g/mol. The lowest BCUT2D eigenvalue weighted by molar-refractivity contribution is -0.134. The second-order valence-corrected chi connectivity index (χ2v) is 5.86. The van der Waals surface area contributed by atoms with Gasteiger partial charge in [-0.15, -0.1) is 0 Å². The summed E-state index contributed by atoms with van der Waals surface area (Å²) < 4.78 is 5.29. The van der Waals surface area contributed by atoms with Crippen LogP contribution in [0.3, 0.4) is 0 Å². The van der Waals surface area contributed by atoms with Crippen molar-refractivity contribution >= 4 is 12.0 Å². The molecular formula is C17H24N2O4. The molecule has 1 N–H and O–H groups in total. The molecule has 23 heavy (non-hydrogen) atoms. The Morgan fingerprint density at radius 1 is 1.35 bits per heavy atom. The molecule has 1 aliphatic heterocycles. The minimum absolute atomic E-state index is 0.129. The second kappa shape index (κ2) is 7.97. The van der Waals surface area contributed by atoms with E-state index in [0.29, 0.717) is 6.54 Å². The maximum atomic E-state index is 12.4. The van der Waals surface area contributed by atoms with E-state index in [4.69, 9.17) is 4.74 Å². The van der Waals surface area contributed by atoms with Crippen molar-refractivity contribution in [2.45, 2.75) is 38.5 Å². The van der Waals surface area contributed by atoms with Crippen LogP contribution in [-0.4, -0.2) is 59.2 Å². The third-order valence-corrected chi connectivity index (χ3v) is 3.94. The molecule has 1 heterocycles. The number of benzene rings is 1. The predicted octanol–water partition coefficient (Wildman–Crippen LogP) is 1.63. The molecule has 2 amide bonds. The van der Waals surface area contributed by atoms with Gasteiger partial charge < -0.3 is 14.7 Å². The highest BCUT2D eigenvalue weighted by atomic mass is 16.6. The molecule has 6 nitrogen and oxygen atoms in total. The first kappa shape index (κ1) is 17.3. The van der Waals surface area contributed by atoms with E-state index in [1.165, 1.54) is 4.90 Å². The Morgan fingerprint density at radius 2 is 2.04 bits per heavy atom. The van der Waals surface area contributed by atoms with Crippen molar-refractivity contribution in [3.63, 3.8) is 0 Å². The van der Waals surface area contributed by atoms with E-state index >= 15 is 0 Å². The molecule has 1 aliphatic rings. The number of nitrogens with zero attached hydrogens (tertiary/aromatic N) is 2. The number of likely N-dealkylation sites (tertiary alicyclic amines) is 1. The monoisotopic (exact) mass is 320 g/mol. The fraction of sp³-hybridized carbons (Fsp3) is 0.529. The number of aliphatic hydroxyl groups excluding tert-OH is 1. The number of likely N-dealkylation sites (N-methyl/N-ethyl adjacent to an activating group) is 1. The zero-order valence-corrected chi connectivity index (χ0v) is 13.6. The lowest BCUT2D eigenvalue weighted by Gasteiger charge is -2.27. The summed E-state index contributed by atoms with van der Waals surface area (Å²) in [6.07, 6.45) is -0.152. The average Bonchev–Trinajstić information content (AvgIpc) is 2.95. The molecule has 126 valence electrons. The Balaban J connectivity index is 1.98. The molecule has 1 unspecified atom stereocenters. The highest BCUT2D eigenvalue weighted by molar-refractivity contribution is 5.86. The molecule has 2 atom stereocenters. The lowest BCUT2D eigenvalue weighted by Crippen LogP contribution is -2.46. The van der Waals surface area contributed by atoms with Crippen molar-refractivity contribution in [1.29, 1.82) is 0 Å². The normalized spacial score (nSPS) is 20.4. The first-order valence-corrected chi connectivity index (χ1v) is 7.93. The summed E-state index contributed by atoms with van der Waals surface area (Å²) in [6.45, 7) is 2.89. The van der Waals surface area contributed by atoms with E-state index in [1.807, 2.05) is 37.3 Å². The van der Waals surface area contributed by atoms with Crippen LogP contribution in [-0.2, 0) is 16.1 Å². The van der Waals surface area contributed by atoms with Gasteiger partial charge in [0.2, 0.25) is 5.91 Å². The molecule has 1 aromatic rings. The Kier molecular flexibility index (Phi) is 5.98. The van der Waals surface area contributed by atoms with E-state index in [-0.39, 0.29) is 25.5 Å². The van der Waals surface area contributed by atoms with E-state index in [1.54, 1.807) is 11.9 Å². The van der Waals surface area contributed by atoms with Gasteiger partial charge >= 0.3 is 6.09 Å². The van der Waals surface area contributed by atoms with Crippen molar-refractivity contribution < 1.29 is 19.4 Å². The number of hydrogen-bond acceptors (Lipinski definition) is 4. The van der Waals surface area contributed by atoms with Gasteiger partial charge in [0.1, 0.15) is 12.6 Å². The number of carbonyl (C=O) groups is 2. The van der Waals surface area contributed by atoms with Gasteiger partial charge in [0.05, 0.1) is 12.6 Å². The molecule has 0 aliphatic carbocycles. The first-order chi connectivity index (χ1) is 11.0. The minimum Gasteiger partial charge on any atom is -0.445 e. The van der Waals surface area contributed by atoms with Gasteiger partial charge in [-0.3, -0.25) is 9.69 Å². The van der Waals surface area contributed by atoms with E-state index in [0.717, 1.165) is 12.0 Å². The number of β-amino-alcohol motifs (C(OH)–C–C–N with tert-alkyl or cyclic N) is 1. The van der Waals surface area contributed by atoms with Gasteiger partial charge in [0.25, 0.3) is 0 Å². The molecule has 2 rings (SSSR count). The quantitative estimate of drug-likeness (QED) is 0.895. The van der Waals surface area contributed by atoms with Gasteiger partial charge in [0, 0.05) is 20.0 Å². The number of hydrogen-bond donors (Lipinski definition) is 1. The van der Waals surface area contributed by atoms with Gasteiger partial charge in [-0.2, -0.15) is 0 Å². The standard InChI is InChI=1S/C17H24N2O4/c1-3-9-18(2)16(21)15-10-14(20)11-19(15)17(22)23-12-13-7-5-4-6-8-13/h4-8,14-15,20H,3,9-12H2,1-2H3/t14?,15-/m0/s1. The van der Waals surface area contributed by atoms with Gasteiger partial charge in [-0.25, -0.2) is 4.79 Å². The summed E-state index contributed by atoms with van der Waals surface area (Å²) in [5.74, 6) is -0.153. The summed E-state index contributed by atoms with van der Waals surface area (Å²) in [5.41, 5.74) is 0.881. The van der Waals surface area contributed by atoms with Crippen LogP contribution in [0.2, 0.25) is 0 Å². The summed E-state index contributed by atoms with van der Waals surface area (Å²) in [5, 5.41) is 9.84. The lowest BCUT2D eigenvalue weighted by atomic mass is 10.1. The van der Waals surface area contributed by atoms with Crippen LogP contribution in [0.5, 0.6) is 0 Å². The van der Waals surface area contributed by atoms with Crippen molar-refractivity contribution in [2.75, 3.05) is 20.1 Å². The largest absolute Gasteiger partial charge is 0.445 e. The molecule has 6 heteroatoms. The van der Waals surface area contributed by atoms with Crippen LogP contribution in [0.25, 0.3) is 0 Å². The first-order valence-electron chi connectivity index (χ1n) is 7.93. The Hall–Kier alpha value is -2.08. The topological polar surface area (TPSA) is 70.1 Å². The number of carbonyl (C=O) groups excluding carboxylic acids is 2.